The molecule has 4 rings (SSSR count). The summed E-state index contributed by atoms with van der Waals surface area (Å²) in [5, 5.41) is 4.55. The van der Waals surface area contributed by atoms with E-state index in [9.17, 15) is 13.2 Å². The zero-order valence-corrected chi connectivity index (χ0v) is 17.8. The van der Waals surface area contributed by atoms with Crippen LogP contribution < -0.4 is 19.1 Å². The minimum absolute atomic E-state index is 0.128. The van der Waals surface area contributed by atoms with Crippen LogP contribution in [-0.4, -0.2) is 27.5 Å². The second kappa shape index (κ2) is 8.37. The van der Waals surface area contributed by atoms with Gasteiger partial charge in [-0.15, -0.1) is 11.3 Å². The summed E-state index contributed by atoms with van der Waals surface area (Å²) in [7, 11) is -3.87. The van der Waals surface area contributed by atoms with Gasteiger partial charge in [0, 0.05) is 23.6 Å². The third-order valence-corrected chi connectivity index (χ3v) is 7.11. The first kappa shape index (κ1) is 20.2. The number of nitrogens with zero attached hydrogens (tertiary/aromatic N) is 1. The second-order valence-corrected chi connectivity index (χ2v) is 9.52. The number of anilines is 2. The summed E-state index contributed by atoms with van der Waals surface area (Å²) in [4.78, 5) is 12.3. The van der Waals surface area contributed by atoms with Crippen LogP contribution in [-0.2, 0) is 21.4 Å². The molecule has 0 saturated heterocycles. The molecule has 3 aromatic rings. The Balaban J connectivity index is 1.72. The molecule has 2 heterocycles. The molecule has 0 unspecified atom stereocenters. The summed E-state index contributed by atoms with van der Waals surface area (Å²) in [5.74, 6) is 0.894. The van der Waals surface area contributed by atoms with Crippen molar-refractivity contribution in [1.82, 2.24) is 0 Å². The van der Waals surface area contributed by atoms with Gasteiger partial charge in [0.15, 0.2) is 11.5 Å². The molecule has 156 valence electrons. The molecule has 0 spiro atoms. The van der Waals surface area contributed by atoms with Crippen molar-refractivity contribution in [2.45, 2.75) is 18.4 Å². The lowest BCUT2D eigenvalue weighted by atomic mass is 10.2. The first-order valence-corrected chi connectivity index (χ1v) is 11.6. The van der Waals surface area contributed by atoms with Gasteiger partial charge >= 0.3 is 0 Å². The average Bonchev–Trinajstić information content (AvgIpc) is 3.25. The molecule has 0 bridgehead atoms. The number of hydrogen-bond donors (Lipinski definition) is 1. The van der Waals surface area contributed by atoms with Gasteiger partial charge in [-0.1, -0.05) is 6.07 Å². The number of amides is 1. The van der Waals surface area contributed by atoms with Crippen molar-refractivity contribution in [1.29, 1.82) is 0 Å². The van der Waals surface area contributed by atoms with Crippen LogP contribution in [0.1, 0.15) is 11.8 Å². The number of hydrogen-bond acceptors (Lipinski definition) is 6. The Labute approximate surface area is 178 Å². The molecule has 1 aliphatic heterocycles. The molecule has 0 atom stereocenters. The number of carbonyl (C=O) groups excluding carboxylic acids is 1. The molecule has 7 nitrogen and oxygen atoms in total. The molecule has 1 aliphatic rings. The van der Waals surface area contributed by atoms with Crippen molar-refractivity contribution in [3.05, 3.63) is 64.9 Å². The molecule has 2 aromatic carbocycles. The zero-order chi connectivity index (χ0) is 21.1. The third-order valence-electron chi connectivity index (χ3n) is 4.46. The summed E-state index contributed by atoms with van der Waals surface area (Å²) in [6, 6.07) is 15.0. The summed E-state index contributed by atoms with van der Waals surface area (Å²) >= 11 is 1.49. The van der Waals surface area contributed by atoms with E-state index in [4.69, 9.17) is 9.47 Å². The maximum Gasteiger partial charge on any atom is 0.264 e. The van der Waals surface area contributed by atoms with E-state index in [1.54, 1.807) is 30.3 Å². The molecule has 1 amide bonds. The van der Waals surface area contributed by atoms with Gasteiger partial charge in [0.05, 0.1) is 17.1 Å². The molecule has 30 heavy (non-hydrogen) atoms. The van der Waals surface area contributed by atoms with Gasteiger partial charge in [-0.05, 0) is 47.8 Å². The maximum absolute atomic E-state index is 13.5. The molecule has 0 radical (unpaired) electrons. The van der Waals surface area contributed by atoms with Crippen molar-refractivity contribution in [2.24, 2.45) is 0 Å². The lowest BCUT2D eigenvalue weighted by Gasteiger charge is -2.26. The Morgan fingerprint density at radius 3 is 2.47 bits per heavy atom. The van der Waals surface area contributed by atoms with Crippen molar-refractivity contribution >= 4 is 38.6 Å². The molecule has 0 fully saturated rings. The Bertz CT molecular complexity index is 1140. The van der Waals surface area contributed by atoms with Gasteiger partial charge in [0.25, 0.3) is 10.0 Å². The van der Waals surface area contributed by atoms with Gasteiger partial charge in [0.1, 0.15) is 13.2 Å². The van der Waals surface area contributed by atoms with Crippen LogP contribution in [0.5, 0.6) is 11.5 Å². The number of thiophene rings is 1. The van der Waals surface area contributed by atoms with Crippen LogP contribution in [0.25, 0.3) is 0 Å². The quantitative estimate of drug-likeness (QED) is 0.624. The second-order valence-electron chi connectivity index (χ2n) is 6.62. The number of sulfonamides is 1. The van der Waals surface area contributed by atoms with Gasteiger partial charge < -0.3 is 14.8 Å². The van der Waals surface area contributed by atoms with Crippen molar-refractivity contribution < 1.29 is 22.7 Å². The lowest BCUT2D eigenvalue weighted by Crippen LogP contribution is -2.30. The number of rotatable bonds is 6. The maximum atomic E-state index is 13.5. The highest BCUT2D eigenvalue weighted by Gasteiger charge is 2.27. The number of fused-ring (bicyclic) bond motifs is 1. The van der Waals surface area contributed by atoms with E-state index in [1.807, 2.05) is 17.5 Å². The number of ether oxygens (including phenoxy) is 2. The molecular formula is C21H20N2O5S2. The summed E-state index contributed by atoms with van der Waals surface area (Å²) in [5.41, 5.74) is 1.02. The van der Waals surface area contributed by atoms with E-state index in [-0.39, 0.29) is 17.3 Å². The monoisotopic (exact) mass is 444 g/mol. The summed E-state index contributed by atoms with van der Waals surface area (Å²) in [6.07, 6.45) is 0. The van der Waals surface area contributed by atoms with Crippen LogP contribution in [0.15, 0.2) is 64.9 Å². The summed E-state index contributed by atoms with van der Waals surface area (Å²) < 4.78 is 39.6. The van der Waals surface area contributed by atoms with Crippen LogP contribution in [0, 0.1) is 0 Å². The normalized spacial score (nSPS) is 13.0. The van der Waals surface area contributed by atoms with Crippen molar-refractivity contribution in [2.75, 3.05) is 22.8 Å². The van der Waals surface area contributed by atoms with E-state index in [0.29, 0.717) is 36.1 Å². The molecular weight excluding hydrogens is 424 g/mol. The lowest BCUT2D eigenvalue weighted by molar-refractivity contribution is -0.114. The molecule has 1 aromatic heterocycles. The van der Waals surface area contributed by atoms with Crippen molar-refractivity contribution in [3.63, 3.8) is 0 Å². The van der Waals surface area contributed by atoms with E-state index in [1.165, 1.54) is 34.7 Å². The van der Waals surface area contributed by atoms with E-state index in [0.717, 1.165) is 4.88 Å². The number of nitrogens with one attached hydrogen (secondary N) is 1. The standard InChI is InChI=1S/C21H20N2O5S2/c1-15(24)22-16-4-7-19(8-5-16)30(25,26)23(14-18-3-2-12-29-18)17-6-9-20-21(13-17)28-11-10-27-20/h2-9,12-13H,10-11,14H2,1H3,(H,22,24). The number of benzene rings is 2. The third kappa shape index (κ3) is 4.27. The number of carbonyl (C=O) groups is 1. The van der Waals surface area contributed by atoms with Gasteiger partial charge in [0.2, 0.25) is 5.91 Å². The zero-order valence-electron chi connectivity index (χ0n) is 16.2. The minimum Gasteiger partial charge on any atom is -0.486 e. The Morgan fingerprint density at radius 2 is 1.80 bits per heavy atom. The predicted molar refractivity (Wildman–Crippen MR) is 116 cm³/mol. The molecule has 1 N–H and O–H groups in total. The largest absolute Gasteiger partial charge is 0.486 e. The fraction of sp³-hybridized carbons (Fsp3) is 0.190. The Kier molecular flexibility index (Phi) is 5.65. The van der Waals surface area contributed by atoms with Gasteiger partial charge in [-0.3, -0.25) is 9.10 Å². The Morgan fingerprint density at radius 1 is 1.07 bits per heavy atom. The predicted octanol–water partition coefficient (Wildman–Crippen LogP) is 3.87. The minimum atomic E-state index is -3.87. The molecule has 0 saturated carbocycles. The molecule has 0 aliphatic carbocycles. The van der Waals surface area contributed by atoms with Gasteiger partial charge in [-0.25, -0.2) is 8.42 Å². The van der Waals surface area contributed by atoms with Gasteiger partial charge in [-0.2, -0.15) is 0 Å². The van der Waals surface area contributed by atoms with E-state index in [2.05, 4.69) is 5.32 Å². The first-order chi connectivity index (χ1) is 14.4. The SMILES string of the molecule is CC(=O)Nc1ccc(S(=O)(=O)N(Cc2cccs2)c2ccc3c(c2)OCCO3)cc1. The van der Waals surface area contributed by atoms with Crippen LogP contribution >= 0.6 is 11.3 Å². The van der Waals surface area contributed by atoms with E-state index >= 15 is 0 Å². The Hall–Kier alpha value is -3.04. The molecule has 9 heteroatoms. The highest BCUT2D eigenvalue weighted by molar-refractivity contribution is 7.92. The fourth-order valence-corrected chi connectivity index (χ4v) is 5.30. The highest BCUT2D eigenvalue weighted by Crippen LogP contribution is 2.36. The first-order valence-electron chi connectivity index (χ1n) is 9.26. The van der Waals surface area contributed by atoms with Crippen LogP contribution in [0.3, 0.4) is 0 Å². The smallest absolute Gasteiger partial charge is 0.264 e. The van der Waals surface area contributed by atoms with Crippen LogP contribution in [0.4, 0.5) is 11.4 Å². The fourth-order valence-electron chi connectivity index (χ4n) is 3.09. The topological polar surface area (TPSA) is 84.9 Å². The van der Waals surface area contributed by atoms with E-state index < -0.39 is 10.0 Å². The summed E-state index contributed by atoms with van der Waals surface area (Å²) in [6.45, 7) is 2.46. The highest BCUT2D eigenvalue weighted by atomic mass is 32.2. The van der Waals surface area contributed by atoms with Crippen molar-refractivity contribution in [3.8, 4) is 11.5 Å². The van der Waals surface area contributed by atoms with Crippen LogP contribution in [0.2, 0.25) is 0 Å². The average molecular weight is 445 g/mol.